The highest BCUT2D eigenvalue weighted by molar-refractivity contribution is 5.99. The smallest absolute Gasteiger partial charge is 0.336 e. The fourth-order valence-corrected chi connectivity index (χ4v) is 4.69. The SMILES string of the molecule is CCCCCCCCCOc1ccc(C(=O)O)c(-c2ccc(C(=O)C(C)CCCCCCC)c(F)c2)c1F. The Kier molecular flexibility index (Phi) is 14.0. The summed E-state index contributed by atoms with van der Waals surface area (Å²) >= 11 is 0. The molecule has 0 heterocycles. The van der Waals surface area contributed by atoms with E-state index in [9.17, 15) is 14.7 Å². The largest absolute Gasteiger partial charge is 0.490 e. The topological polar surface area (TPSA) is 63.6 Å². The van der Waals surface area contributed by atoms with Crippen LogP contribution in [0, 0.1) is 17.6 Å². The van der Waals surface area contributed by atoms with E-state index in [4.69, 9.17) is 4.74 Å². The van der Waals surface area contributed by atoms with Crippen molar-refractivity contribution in [3.8, 4) is 16.9 Å². The van der Waals surface area contributed by atoms with Gasteiger partial charge in [0.25, 0.3) is 0 Å². The number of carbonyl (C=O) groups is 2. The van der Waals surface area contributed by atoms with Crippen LogP contribution in [0.25, 0.3) is 11.1 Å². The van der Waals surface area contributed by atoms with E-state index in [1.807, 2.05) is 0 Å². The molecule has 0 radical (unpaired) electrons. The highest BCUT2D eigenvalue weighted by atomic mass is 19.1. The molecule has 1 atom stereocenters. The molecule has 0 fully saturated rings. The van der Waals surface area contributed by atoms with Crippen LogP contribution in [0.3, 0.4) is 0 Å². The summed E-state index contributed by atoms with van der Waals surface area (Å²) in [6.07, 6.45) is 13.7. The van der Waals surface area contributed by atoms with Crippen molar-refractivity contribution in [1.29, 1.82) is 0 Å². The van der Waals surface area contributed by atoms with Crippen LogP contribution in [0.5, 0.6) is 5.75 Å². The van der Waals surface area contributed by atoms with Gasteiger partial charge in [-0.05, 0) is 42.7 Å². The molecule has 0 saturated carbocycles. The fraction of sp³-hybridized carbons (Fsp3) is 0.562. The Bertz CT molecular complexity index is 1030. The van der Waals surface area contributed by atoms with Crippen LogP contribution < -0.4 is 4.74 Å². The number of carboxylic acids is 1. The Morgan fingerprint density at radius 2 is 1.39 bits per heavy atom. The lowest BCUT2D eigenvalue weighted by Gasteiger charge is -2.15. The van der Waals surface area contributed by atoms with Gasteiger partial charge in [-0.15, -0.1) is 0 Å². The van der Waals surface area contributed by atoms with Crippen molar-refractivity contribution < 1.29 is 28.2 Å². The lowest BCUT2D eigenvalue weighted by molar-refractivity contribution is 0.0696. The van der Waals surface area contributed by atoms with Crippen LogP contribution in [-0.4, -0.2) is 23.5 Å². The zero-order valence-electron chi connectivity index (χ0n) is 23.3. The number of hydrogen-bond donors (Lipinski definition) is 1. The Balaban J connectivity index is 2.13. The van der Waals surface area contributed by atoms with Crippen molar-refractivity contribution >= 4 is 11.8 Å². The molecule has 0 aliphatic rings. The van der Waals surface area contributed by atoms with Crippen LogP contribution in [0.4, 0.5) is 8.78 Å². The summed E-state index contributed by atoms with van der Waals surface area (Å²) in [6, 6.07) is 6.37. The predicted molar refractivity (Wildman–Crippen MR) is 149 cm³/mol. The first-order valence-corrected chi connectivity index (χ1v) is 14.3. The van der Waals surface area contributed by atoms with E-state index in [0.717, 1.165) is 51.0 Å². The first-order valence-electron chi connectivity index (χ1n) is 14.3. The van der Waals surface area contributed by atoms with Gasteiger partial charge in [0.2, 0.25) is 0 Å². The van der Waals surface area contributed by atoms with Gasteiger partial charge in [0.05, 0.1) is 17.7 Å². The van der Waals surface area contributed by atoms with Crippen molar-refractivity contribution in [2.75, 3.05) is 6.61 Å². The first-order chi connectivity index (χ1) is 18.3. The van der Waals surface area contributed by atoms with Crippen molar-refractivity contribution in [2.45, 2.75) is 104 Å². The maximum absolute atomic E-state index is 15.5. The summed E-state index contributed by atoms with van der Waals surface area (Å²) in [4.78, 5) is 24.7. The maximum Gasteiger partial charge on any atom is 0.336 e. The number of carboxylic acid groups (broad SMARTS) is 1. The molecule has 0 saturated heterocycles. The second-order valence-corrected chi connectivity index (χ2v) is 10.2. The third-order valence-corrected chi connectivity index (χ3v) is 7.05. The highest BCUT2D eigenvalue weighted by Crippen LogP contribution is 2.34. The third kappa shape index (κ3) is 9.52. The van der Waals surface area contributed by atoms with E-state index >= 15 is 8.78 Å². The Morgan fingerprint density at radius 1 is 0.816 bits per heavy atom. The third-order valence-electron chi connectivity index (χ3n) is 7.05. The van der Waals surface area contributed by atoms with Gasteiger partial charge < -0.3 is 9.84 Å². The summed E-state index contributed by atoms with van der Waals surface area (Å²) in [5.74, 6) is -3.63. The molecule has 38 heavy (non-hydrogen) atoms. The zero-order chi connectivity index (χ0) is 27.9. The zero-order valence-corrected chi connectivity index (χ0v) is 23.3. The molecule has 210 valence electrons. The molecule has 1 unspecified atom stereocenters. The first kappa shape index (κ1) is 31.5. The molecule has 2 rings (SSSR count). The van der Waals surface area contributed by atoms with E-state index in [0.29, 0.717) is 13.0 Å². The van der Waals surface area contributed by atoms with Gasteiger partial charge in [-0.25, -0.2) is 13.6 Å². The molecule has 0 aliphatic heterocycles. The van der Waals surface area contributed by atoms with E-state index in [1.54, 1.807) is 6.92 Å². The quantitative estimate of drug-likeness (QED) is 0.145. The van der Waals surface area contributed by atoms with Gasteiger partial charge in [0, 0.05) is 11.5 Å². The molecule has 2 aromatic carbocycles. The minimum absolute atomic E-state index is 0.0570. The molecule has 1 N–H and O–H groups in total. The van der Waals surface area contributed by atoms with E-state index in [1.165, 1.54) is 56.4 Å². The molecule has 0 bridgehead atoms. The van der Waals surface area contributed by atoms with Crippen LogP contribution in [-0.2, 0) is 0 Å². The van der Waals surface area contributed by atoms with Gasteiger partial charge in [0.15, 0.2) is 17.3 Å². The molecular formula is C32H44F2O4. The van der Waals surface area contributed by atoms with Crippen LogP contribution in [0.1, 0.15) is 125 Å². The molecule has 2 aromatic rings. The molecule has 0 aromatic heterocycles. The number of hydrogen-bond acceptors (Lipinski definition) is 3. The second kappa shape index (κ2) is 17.0. The standard InChI is InChI=1S/C32H44F2O4/c1-4-6-8-10-11-13-15-21-38-28-20-19-26(32(36)37)29(30(28)34)24-17-18-25(27(33)22-24)31(35)23(3)16-14-12-9-7-5-2/h17-20,22-23H,4-16,21H2,1-3H3,(H,36,37). The number of Topliss-reactive ketones (excluding diaryl/α,β-unsaturated/α-hetero) is 1. The number of carbonyl (C=O) groups excluding carboxylic acids is 1. The average molecular weight is 531 g/mol. The Hall–Kier alpha value is -2.76. The van der Waals surface area contributed by atoms with Crippen molar-refractivity contribution in [3.63, 3.8) is 0 Å². The van der Waals surface area contributed by atoms with Gasteiger partial charge in [-0.2, -0.15) is 0 Å². The summed E-state index contributed by atoms with van der Waals surface area (Å²) in [5, 5.41) is 9.64. The number of aromatic carboxylic acids is 1. The van der Waals surface area contributed by atoms with Gasteiger partial charge in [-0.3, -0.25) is 4.79 Å². The fourth-order valence-electron chi connectivity index (χ4n) is 4.69. The second-order valence-electron chi connectivity index (χ2n) is 10.2. The molecule has 0 amide bonds. The van der Waals surface area contributed by atoms with E-state index in [-0.39, 0.29) is 39.7 Å². The summed E-state index contributed by atoms with van der Waals surface area (Å²) in [7, 11) is 0. The normalized spacial score (nSPS) is 11.9. The number of ether oxygens (including phenoxy) is 1. The molecule has 0 spiro atoms. The van der Waals surface area contributed by atoms with Gasteiger partial charge in [0.1, 0.15) is 5.82 Å². The monoisotopic (exact) mass is 530 g/mol. The average Bonchev–Trinajstić information content (AvgIpc) is 2.90. The van der Waals surface area contributed by atoms with Crippen molar-refractivity contribution in [3.05, 3.63) is 53.1 Å². The number of halogens is 2. The minimum atomic E-state index is -1.32. The summed E-state index contributed by atoms with van der Waals surface area (Å²) in [5.41, 5.74) is -0.526. The Labute approximate surface area is 226 Å². The van der Waals surface area contributed by atoms with Gasteiger partial charge >= 0.3 is 5.97 Å². The van der Waals surface area contributed by atoms with Crippen LogP contribution in [0.15, 0.2) is 30.3 Å². The van der Waals surface area contributed by atoms with E-state index < -0.39 is 17.6 Å². The molecule has 4 nitrogen and oxygen atoms in total. The lowest BCUT2D eigenvalue weighted by Crippen LogP contribution is -2.13. The predicted octanol–water partition coefficient (Wildman–Crippen LogP) is 9.64. The van der Waals surface area contributed by atoms with Crippen molar-refractivity contribution in [1.82, 2.24) is 0 Å². The van der Waals surface area contributed by atoms with Crippen molar-refractivity contribution in [2.24, 2.45) is 5.92 Å². The number of ketones is 1. The molecule has 6 heteroatoms. The molecular weight excluding hydrogens is 486 g/mol. The van der Waals surface area contributed by atoms with Crippen LogP contribution >= 0.6 is 0 Å². The highest BCUT2D eigenvalue weighted by Gasteiger charge is 2.23. The number of rotatable bonds is 19. The number of unbranched alkanes of at least 4 members (excludes halogenated alkanes) is 10. The number of benzene rings is 2. The summed E-state index contributed by atoms with van der Waals surface area (Å²) < 4.78 is 36.2. The minimum Gasteiger partial charge on any atom is -0.490 e. The van der Waals surface area contributed by atoms with Crippen LogP contribution in [0.2, 0.25) is 0 Å². The lowest BCUT2D eigenvalue weighted by atomic mass is 9.91. The maximum atomic E-state index is 15.5. The summed E-state index contributed by atoms with van der Waals surface area (Å²) in [6.45, 7) is 6.43. The molecule has 0 aliphatic carbocycles. The van der Waals surface area contributed by atoms with E-state index in [2.05, 4.69) is 13.8 Å². The van der Waals surface area contributed by atoms with Gasteiger partial charge in [-0.1, -0.05) is 97.5 Å². The Morgan fingerprint density at radius 3 is 2.00 bits per heavy atom.